The molecule has 0 aromatic carbocycles. The number of carbonyl (C=O) groups is 1. The van der Waals surface area contributed by atoms with Crippen LogP contribution >= 0.6 is 0 Å². The van der Waals surface area contributed by atoms with E-state index in [-0.39, 0.29) is 19.4 Å². The number of rotatable bonds is 8. The molecule has 0 fully saturated rings. The standard InChI is InChI=1S/C8H16O8S2/c1-3-16-17(10,11)6-4-5-7(8(9)15-2)18(12,13)14/h7H,3-6H2,1-2H3,(H,12,13,14). The second kappa shape index (κ2) is 7.02. The zero-order valence-electron chi connectivity index (χ0n) is 10.0. The van der Waals surface area contributed by atoms with Crippen LogP contribution in [-0.4, -0.2) is 52.1 Å². The summed E-state index contributed by atoms with van der Waals surface area (Å²) < 4.78 is 61.5. The molecular formula is C8H16O8S2. The van der Waals surface area contributed by atoms with Gasteiger partial charge in [0.2, 0.25) is 0 Å². The number of esters is 1. The summed E-state index contributed by atoms with van der Waals surface area (Å²) in [4.78, 5) is 11.1. The van der Waals surface area contributed by atoms with Gasteiger partial charge in [0.25, 0.3) is 20.2 Å². The van der Waals surface area contributed by atoms with Gasteiger partial charge in [0, 0.05) is 0 Å². The number of methoxy groups -OCH3 is 1. The maximum Gasteiger partial charge on any atom is 0.326 e. The van der Waals surface area contributed by atoms with E-state index in [4.69, 9.17) is 4.55 Å². The van der Waals surface area contributed by atoms with Crippen molar-refractivity contribution in [2.45, 2.75) is 25.0 Å². The number of carbonyl (C=O) groups excluding carboxylic acids is 1. The number of ether oxygens (including phenoxy) is 1. The summed E-state index contributed by atoms with van der Waals surface area (Å²) in [6, 6.07) is 0. The van der Waals surface area contributed by atoms with E-state index in [0.717, 1.165) is 7.11 Å². The number of hydrogen-bond acceptors (Lipinski definition) is 7. The van der Waals surface area contributed by atoms with Gasteiger partial charge in [0.05, 0.1) is 19.5 Å². The maximum atomic E-state index is 11.2. The Bertz CT molecular complexity index is 463. The molecule has 0 heterocycles. The number of hydrogen-bond donors (Lipinski definition) is 1. The van der Waals surface area contributed by atoms with Gasteiger partial charge in [-0.2, -0.15) is 16.8 Å². The lowest BCUT2D eigenvalue weighted by Gasteiger charge is -2.11. The Morgan fingerprint density at radius 3 is 2.22 bits per heavy atom. The van der Waals surface area contributed by atoms with Crippen molar-refractivity contribution in [1.29, 1.82) is 0 Å². The summed E-state index contributed by atoms with van der Waals surface area (Å²) in [6.07, 6.45) is -0.514. The molecule has 0 bridgehead atoms. The van der Waals surface area contributed by atoms with E-state index in [2.05, 4.69) is 8.92 Å². The Morgan fingerprint density at radius 1 is 1.28 bits per heavy atom. The van der Waals surface area contributed by atoms with Gasteiger partial charge in [0.1, 0.15) is 0 Å². The van der Waals surface area contributed by atoms with Crippen molar-refractivity contribution in [2.24, 2.45) is 0 Å². The Balaban J connectivity index is 4.53. The second-order valence-electron chi connectivity index (χ2n) is 3.34. The van der Waals surface area contributed by atoms with E-state index in [0.29, 0.717) is 0 Å². The molecule has 0 aliphatic carbocycles. The maximum absolute atomic E-state index is 11.2. The first-order valence-corrected chi connectivity index (χ1v) is 8.13. The molecule has 0 rings (SSSR count). The SMILES string of the molecule is CCOS(=O)(=O)CCCC(C(=O)OC)S(=O)(=O)O. The van der Waals surface area contributed by atoms with E-state index >= 15 is 0 Å². The van der Waals surface area contributed by atoms with Gasteiger partial charge >= 0.3 is 5.97 Å². The van der Waals surface area contributed by atoms with Crippen molar-refractivity contribution < 1.29 is 35.1 Å². The van der Waals surface area contributed by atoms with E-state index in [1.807, 2.05) is 0 Å². The molecule has 0 aromatic heterocycles. The summed E-state index contributed by atoms with van der Waals surface area (Å²) in [5.74, 6) is -1.57. The first-order chi connectivity index (χ1) is 8.14. The molecule has 0 saturated carbocycles. The normalized spacial score (nSPS) is 14.2. The van der Waals surface area contributed by atoms with Crippen LogP contribution in [0.4, 0.5) is 0 Å². The minimum absolute atomic E-state index is 0.0267. The highest BCUT2D eigenvalue weighted by atomic mass is 32.2. The lowest BCUT2D eigenvalue weighted by atomic mass is 10.2. The Hall–Kier alpha value is -0.710. The van der Waals surface area contributed by atoms with E-state index in [1.54, 1.807) is 0 Å². The van der Waals surface area contributed by atoms with Crippen molar-refractivity contribution in [1.82, 2.24) is 0 Å². The van der Waals surface area contributed by atoms with Crippen LogP contribution in [-0.2, 0) is 34.0 Å². The molecule has 0 saturated heterocycles. The van der Waals surface area contributed by atoms with E-state index in [1.165, 1.54) is 6.92 Å². The van der Waals surface area contributed by atoms with Crippen LogP contribution in [0.25, 0.3) is 0 Å². The van der Waals surface area contributed by atoms with Crippen LogP contribution in [0.5, 0.6) is 0 Å². The highest BCUT2D eigenvalue weighted by Gasteiger charge is 2.32. The summed E-state index contributed by atoms with van der Waals surface area (Å²) in [5.41, 5.74) is 0. The Kier molecular flexibility index (Phi) is 6.74. The third-order valence-corrected chi connectivity index (χ3v) is 4.51. The summed E-state index contributed by atoms with van der Waals surface area (Å²) in [7, 11) is -7.38. The molecule has 0 amide bonds. The predicted octanol–water partition coefficient (Wildman–Crippen LogP) is -0.438. The summed E-state index contributed by atoms with van der Waals surface area (Å²) >= 11 is 0. The molecule has 1 N–H and O–H groups in total. The zero-order valence-corrected chi connectivity index (χ0v) is 11.7. The van der Waals surface area contributed by atoms with Crippen LogP contribution < -0.4 is 0 Å². The molecule has 1 atom stereocenters. The van der Waals surface area contributed by atoms with Gasteiger partial charge in [-0.1, -0.05) is 0 Å². The third kappa shape index (κ3) is 6.28. The van der Waals surface area contributed by atoms with Gasteiger partial charge in [-0.05, 0) is 19.8 Å². The fourth-order valence-electron chi connectivity index (χ4n) is 1.20. The van der Waals surface area contributed by atoms with E-state index in [9.17, 15) is 21.6 Å². The van der Waals surface area contributed by atoms with Crippen LogP contribution in [0.2, 0.25) is 0 Å². The minimum Gasteiger partial charge on any atom is -0.468 e. The Labute approximate surface area is 106 Å². The van der Waals surface area contributed by atoms with Crippen molar-refractivity contribution in [2.75, 3.05) is 19.5 Å². The zero-order chi connectivity index (χ0) is 14.4. The molecule has 0 aliphatic rings. The van der Waals surface area contributed by atoms with Crippen LogP contribution in [0.15, 0.2) is 0 Å². The average Bonchev–Trinajstić information content (AvgIpc) is 2.21. The molecule has 0 radical (unpaired) electrons. The van der Waals surface area contributed by atoms with Gasteiger partial charge in [-0.25, -0.2) is 0 Å². The average molecular weight is 304 g/mol. The van der Waals surface area contributed by atoms with E-state index < -0.39 is 37.2 Å². The van der Waals surface area contributed by atoms with Crippen molar-refractivity contribution in [3.8, 4) is 0 Å². The third-order valence-electron chi connectivity index (χ3n) is 1.98. The van der Waals surface area contributed by atoms with Crippen molar-refractivity contribution in [3.05, 3.63) is 0 Å². The Morgan fingerprint density at radius 2 is 1.83 bits per heavy atom. The minimum atomic E-state index is -4.62. The molecule has 10 heteroatoms. The predicted molar refractivity (Wildman–Crippen MR) is 62.0 cm³/mol. The van der Waals surface area contributed by atoms with Gasteiger partial charge in [0.15, 0.2) is 5.25 Å². The van der Waals surface area contributed by atoms with Crippen molar-refractivity contribution in [3.63, 3.8) is 0 Å². The molecule has 0 aromatic rings. The summed E-state index contributed by atoms with van der Waals surface area (Å²) in [6.45, 7) is 1.47. The summed E-state index contributed by atoms with van der Waals surface area (Å²) in [5, 5.41) is -1.78. The molecule has 0 spiro atoms. The fourth-order valence-corrected chi connectivity index (χ4v) is 3.00. The van der Waals surface area contributed by atoms with Gasteiger partial charge in [-0.3, -0.25) is 13.5 Å². The monoisotopic (exact) mass is 304 g/mol. The van der Waals surface area contributed by atoms with Crippen LogP contribution in [0.3, 0.4) is 0 Å². The topological polar surface area (TPSA) is 124 Å². The van der Waals surface area contributed by atoms with Crippen LogP contribution in [0, 0.1) is 0 Å². The first-order valence-electron chi connectivity index (χ1n) is 5.05. The molecular weight excluding hydrogens is 288 g/mol. The van der Waals surface area contributed by atoms with Gasteiger partial charge < -0.3 is 4.74 Å². The second-order valence-corrected chi connectivity index (χ2v) is 6.70. The highest BCUT2D eigenvalue weighted by molar-refractivity contribution is 7.87. The lowest BCUT2D eigenvalue weighted by Crippen LogP contribution is -2.31. The molecule has 1 unspecified atom stereocenters. The van der Waals surface area contributed by atoms with Gasteiger partial charge in [-0.15, -0.1) is 0 Å². The lowest BCUT2D eigenvalue weighted by molar-refractivity contribution is -0.140. The largest absolute Gasteiger partial charge is 0.468 e. The molecule has 108 valence electrons. The van der Waals surface area contributed by atoms with Crippen LogP contribution in [0.1, 0.15) is 19.8 Å². The fraction of sp³-hybridized carbons (Fsp3) is 0.875. The smallest absolute Gasteiger partial charge is 0.326 e. The molecule has 0 aliphatic heterocycles. The first kappa shape index (κ1) is 17.3. The van der Waals surface area contributed by atoms with Crippen molar-refractivity contribution >= 4 is 26.2 Å². The quantitative estimate of drug-likeness (QED) is 0.363. The molecule has 8 nitrogen and oxygen atoms in total. The highest BCUT2D eigenvalue weighted by Crippen LogP contribution is 2.11. The molecule has 18 heavy (non-hydrogen) atoms.